The van der Waals surface area contributed by atoms with Gasteiger partial charge in [0.2, 0.25) is 5.91 Å². The lowest BCUT2D eigenvalue weighted by Gasteiger charge is -2.43. The van der Waals surface area contributed by atoms with Crippen molar-refractivity contribution in [3.63, 3.8) is 0 Å². The van der Waals surface area contributed by atoms with E-state index in [4.69, 9.17) is 10.5 Å². The summed E-state index contributed by atoms with van der Waals surface area (Å²) in [4.78, 5) is 12.5. The van der Waals surface area contributed by atoms with Gasteiger partial charge in [0.1, 0.15) is 11.9 Å². The van der Waals surface area contributed by atoms with Gasteiger partial charge >= 0.3 is 0 Å². The van der Waals surface area contributed by atoms with Crippen LogP contribution >= 0.6 is 12.4 Å². The number of hydrogen-bond acceptors (Lipinski definition) is 3. The van der Waals surface area contributed by atoms with Crippen molar-refractivity contribution in [3.8, 4) is 5.75 Å². The van der Waals surface area contributed by atoms with Gasteiger partial charge in [0.15, 0.2) is 0 Å². The number of carbonyl (C=O) groups excluding carboxylic acids is 1. The number of benzene rings is 1. The molecule has 0 aromatic heterocycles. The summed E-state index contributed by atoms with van der Waals surface area (Å²) in [5.74, 6) is 2.23. The highest BCUT2D eigenvalue weighted by molar-refractivity contribution is 5.85. The standard InChI is InChI=1S/C20H30N2O2.ClH/c1-13-6-8-18(9-7-13)24-14(2)12-22-20(23)17-10-15-4-3-5-16(11-17)19(15)21;/h6-9,14-17,19H,3-5,10-12,21H2,1-2H3,(H,22,23);1H. The van der Waals surface area contributed by atoms with Crippen LogP contribution in [0.15, 0.2) is 24.3 Å². The van der Waals surface area contributed by atoms with E-state index in [1.807, 2.05) is 31.2 Å². The van der Waals surface area contributed by atoms with Gasteiger partial charge in [-0.3, -0.25) is 4.79 Å². The third-order valence-corrected chi connectivity index (χ3v) is 5.71. The van der Waals surface area contributed by atoms with E-state index in [-0.39, 0.29) is 30.3 Å². The van der Waals surface area contributed by atoms with E-state index in [9.17, 15) is 4.79 Å². The molecule has 1 aromatic rings. The Morgan fingerprint density at radius 2 is 1.84 bits per heavy atom. The van der Waals surface area contributed by atoms with Gasteiger partial charge in [-0.2, -0.15) is 0 Å². The van der Waals surface area contributed by atoms with E-state index in [0.717, 1.165) is 18.6 Å². The number of aryl methyl sites for hydroxylation is 1. The maximum Gasteiger partial charge on any atom is 0.223 e. The maximum absolute atomic E-state index is 12.5. The molecule has 5 heteroatoms. The van der Waals surface area contributed by atoms with Crippen molar-refractivity contribution in [1.82, 2.24) is 5.32 Å². The van der Waals surface area contributed by atoms with Crippen LogP contribution in [0.2, 0.25) is 0 Å². The van der Waals surface area contributed by atoms with Gasteiger partial charge in [0.25, 0.3) is 0 Å². The lowest BCUT2D eigenvalue weighted by Crippen LogP contribution is -2.49. The molecule has 3 N–H and O–H groups in total. The van der Waals surface area contributed by atoms with Gasteiger partial charge in [0, 0.05) is 12.0 Å². The van der Waals surface area contributed by atoms with Crippen LogP contribution in [0, 0.1) is 24.7 Å². The minimum Gasteiger partial charge on any atom is -0.489 e. The van der Waals surface area contributed by atoms with E-state index in [1.165, 1.54) is 24.8 Å². The van der Waals surface area contributed by atoms with Gasteiger partial charge in [-0.1, -0.05) is 24.1 Å². The summed E-state index contributed by atoms with van der Waals surface area (Å²) in [7, 11) is 0. The molecule has 1 amide bonds. The molecule has 3 rings (SSSR count). The molecule has 2 fully saturated rings. The third-order valence-electron chi connectivity index (χ3n) is 5.71. The molecule has 0 radical (unpaired) electrons. The second kappa shape index (κ2) is 8.91. The predicted molar refractivity (Wildman–Crippen MR) is 103 cm³/mol. The van der Waals surface area contributed by atoms with Crippen LogP contribution in [0.25, 0.3) is 0 Å². The summed E-state index contributed by atoms with van der Waals surface area (Å²) < 4.78 is 5.86. The topological polar surface area (TPSA) is 64.3 Å². The largest absolute Gasteiger partial charge is 0.489 e. The highest BCUT2D eigenvalue weighted by atomic mass is 35.5. The quantitative estimate of drug-likeness (QED) is 0.838. The normalized spacial score (nSPS) is 29.2. The lowest BCUT2D eigenvalue weighted by molar-refractivity contribution is -0.128. The van der Waals surface area contributed by atoms with Gasteiger partial charge in [-0.05, 0) is 63.5 Å². The molecule has 3 atom stereocenters. The molecule has 0 heterocycles. The van der Waals surface area contributed by atoms with Crippen molar-refractivity contribution in [2.45, 2.75) is 58.1 Å². The number of nitrogens with two attached hydrogens (primary N) is 1. The Morgan fingerprint density at radius 1 is 1.24 bits per heavy atom. The van der Waals surface area contributed by atoms with E-state index in [2.05, 4.69) is 12.2 Å². The Morgan fingerprint density at radius 3 is 2.44 bits per heavy atom. The van der Waals surface area contributed by atoms with Gasteiger partial charge in [-0.25, -0.2) is 0 Å². The van der Waals surface area contributed by atoms with Crippen LogP contribution in [-0.2, 0) is 4.79 Å². The Balaban J connectivity index is 0.00000225. The minimum absolute atomic E-state index is 0. The zero-order valence-corrected chi connectivity index (χ0v) is 16.1. The van der Waals surface area contributed by atoms with Crippen molar-refractivity contribution < 1.29 is 9.53 Å². The zero-order valence-electron chi connectivity index (χ0n) is 15.2. The second-order valence-electron chi connectivity index (χ2n) is 7.68. The summed E-state index contributed by atoms with van der Waals surface area (Å²) in [5.41, 5.74) is 7.53. The van der Waals surface area contributed by atoms with Gasteiger partial charge < -0.3 is 15.8 Å². The number of hydrogen-bond donors (Lipinski definition) is 2. The monoisotopic (exact) mass is 366 g/mol. The number of amides is 1. The fourth-order valence-electron chi connectivity index (χ4n) is 4.28. The molecule has 0 saturated heterocycles. The first-order chi connectivity index (χ1) is 11.5. The predicted octanol–water partition coefficient (Wildman–Crippen LogP) is 3.45. The van der Waals surface area contributed by atoms with Crippen LogP contribution in [0.1, 0.15) is 44.6 Å². The molecule has 4 nitrogen and oxygen atoms in total. The number of fused-ring (bicyclic) bond motifs is 2. The molecule has 25 heavy (non-hydrogen) atoms. The fraction of sp³-hybridized carbons (Fsp3) is 0.650. The molecule has 2 saturated carbocycles. The van der Waals surface area contributed by atoms with E-state index in [1.54, 1.807) is 0 Å². The second-order valence-corrected chi connectivity index (χ2v) is 7.68. The highest BCUT2D eigenvalue weighted by Gasteiger charge is 2.40. The Kier molecular flexibility index (Phi) is 7.14. The molecule has 0 aliphatic heterocycles. The average Bonchev–Trinajstić information content (AvgIpc) is 2.54. The molecule has 1 aromatic carbocycles. The highest BCUT2D eigenvalue weighted by Crippen LogP contribution is 2.41. The Labute approximate surface area is 157 Å². The summed E-state index contributed by atoms with van der Waals surface area (Å²) in [6.45, 7) is 4.59. The van der Waals surface area contributed by atoms with Crippen molar-refractivity contribution >= 4 is 18.3 Å². The van der Waals surface area contributed by atoms with Crippen molar-refractivity contribution in [1.29, 1.82) is 0 Å². The van der Waals surface area contributed by atoms with E-state index >= 15 is 0 Å². The van der Waals surface area contributed by atoms with Gasteiger partial charge in [0.05, 0.1) is 6.54 Å². The molecule has 140 valence electrons. The summed E-state index contributed by atoms with van der Waals surface area (Å²) in [6, 6.07) is 8.32. The third kappa shape index (κ3) is 5.11. The minimum atomic E-state index is -0.0398. The van der Waals surface area contributed by atoms with Crippen molar-refractivity contribution in [2.75, 3.05) is 6.54 Å². The van der Waals surface area contributed by atoms with Crippen LogP contribution in [-0.4, -0.2) is 24.6 Å². The summed E-state index contributed by atoms with van der Waals surface area (Å²) >= 11 is 0. The first kappa shape index (κ1) is 20.1. The number of nitrogens with one attached hydrogen (secondary N) is 1. The molecule has 2 bridgehead atoms. The summed E-state index contributed by atoms with van der Waals surface area (Å²) in [6.07, 6.45) is 5.52. The lowest BCUT2D eigenvalue weighted by atomic mass is 9.65. The van der Waals surface area contributed by atoms with Crippen molar-refractivity contribution in [2.24, 2.45) is 23.5 Å². The Hall–Kier alpha value is -1.26. The number of halogens is 1. The van der Waals surface area contributed by atoms with Crippen LogP contribution in [0.3, 0.4) is 0 Å². The average molecular weight is 367 g/mol. The fourth-order valence-corrected chi connectivity index (χ4v) is 4.28. The molecular weight excluding hydrogens is 336 g/mol. The smallest absolute Gasteiger partial charge is 0.223 e. The van der Waals surface area contributed by atoms with Crippen LogP contribution < -0.4 is 15.8 Å². The first-order valence-corrected chi connectivity index (χ1v) is 9.29. The number of ether oxygens (including phenoxy) is 1. The molecule has 0 spiro atoms. The number of carbonyl (C=O) groups is 1. The Bertz CT molecular complexity index is 549. The molecule has 3 unspecified atom stereocenters. The first-order valence-electron chi connectivity index (χ1n) is 9.29. The van der Waals surface area contributed by atoms with Gasteiger partial charge in [-0.15, -0.1) is 12.4 Å². The van der Waals surface area contributed by atoms with E-state index < -0.39 is 0 Å². The van der Waals surface area contributed by atoms with Crippen molar-refractivity contribution in [3.05, 3.63) is 29.8 Å². The maximum atomic E-state index is 12.5. The SMILES string of the molecule is Cc1ccc(OC(C)CNC(=O)C2CC3CCCC(C2)C3N)cc1.Cl. The van der Waals surface area contributed by atoms with E-state index in [0.29, 0.717) is 24.4 Å². The summed E-state index contributed by atoms with van der Waals surface area (Å²) in [5, 5.41) is 3.08. The molecular formula is C20H31ClN2O2. The van der Waals surface area contributed by atoms with Crippen LogP contribution in [0.4, 0.5) is 0 Å². The zero-order chi connectivity index (χ0) is 17.1. The molecule has 2 aliphatic rings. The van der Waals surface area contributed by atoms with Crippen LogP contribution in [0.5, 0.6) is 5.75 Å². The number of rotatable bonds is 5. The molecule has 2 aliphatic carbocycles.